The van der Waals surface area contributed by atoms with E-state index in [-0.39, 0.29) is 18.0 Å². The average Bonchev–Trinajstić information content (AvgIpc) is 2.57. The zero-order valence-electron chi connectivity index (χ0n) is 15.0. The smallest absolute Gasteiger partial charge is 0.239 e. The normalized spacial score (nSPS) is 17.7. The molecule has 2 rings (SSSR count). The molecule has 0 saturated heterocycles. The van der Waals surface area contributed by atoms with Gasteiger partial charge in [0, 0.05) is 32.7 Å². The molecule has 0 spiro atoms. The molecule has 0 saturated carbocycles. The van der Waals surface area contributed by atoms with Crippen LogP contribution in [0.3, 0.4) is 0 Å². The SMILES string of the molecule is CC(C)C(N)CCN(C)C(=O)C(C)N1CCc2ccccc2C1. The highest BCUT2D eigenvalue weighted by Crippen LogP contribution is 2.20. The van der Waals surface area contributed by atoms with Crippen molar-refractivity contribution in [2.45, 2.75) is 52.2 Å². The summed E-state index contributed by atoms with van der Waals surface area (Å²) in [6, 6.07) is 8.61. The highest BCUT2D eigenvalue weighted by Gasteiger charge is 2.27. The summed E-state index contributed by atoms with van der Waals surface area (Å²) >= 11 is 0. The Bertz CT molecular complexity index is 529. The predicted molar refractivity (Wildman–Crippen MR) is 95.1 cm³/mol. The van der Waals surface area contributed by atoms with Crippen LogP contribution in [0.4, 0.5) is 0 Å². The van der Waals surface area contributed by atoms with Crippen LogP contribution in [-0.4, -0.2) is 47.9 Å². The van der Waals surface area contributed by atoms with E-state index in [9.17, 15) is 4.79 Å². The molecule has 23 heavy (non-hydrogen) atoms. The van der Waals surface area contributed by atoms with Crippen LogP contribution < -0.4 is 5.73 Å². The number of hydrogen-bond donors (Lipinski definition) is 1. The van der Waals surface area contributed by atoms with Gasteiger partial charge < -0.3 is 10.6 Å². The Kier molecular flexibility index (Phi) is 6.19. The lowest BCUT2D eigenvalue weighted by atomic mass is 9.98. The van der Waals surface area contributed by atoms with E-state index < -0.39 is 0 Å². The zero-order chi connectivity index (χ0) is 17.0. The van der Waals surface area contributed by atoms with E-state index in [2.05, 4.69) is 43.0 Å². The van der Waals surface area contributed by atoms with Gasteiger partial charge in [-0.25, -0.2) is 0 Å². The van der Waals surface area contributed by atoms with Crippen molar-refractivity contribution in [2.75, 3.05) is 20.1 Å². The highest BCUT2D eigenvalue weighted by atomic mass is 16.2. The number of benzene rings is 1. The summed E-state index contributed by atoms with van der Waals surface area (Å²) in [7, 11) is 1.89. The molecule has 2 unspecified atom stereocenters. The first-order chi connectivity index (χ1) is 10.9. The minimum absolute atomic E-state index is 0.0800. The monoisotopic (exact) mass is 317 g/mol. The van der Waals surface area contributed by atoms with Gasteiger partial charge in [-0.1, -0.05) is 38.1 Å². The number of hydrogen-bond acceptors (Lipinski definition) is 3. The number of likely N-dealkylation sites (N-methyl/N-ethyl adjacent to an activating group) is 1. The maximum Gasteiger partial charge on any atom is 0.239 e. The fourth-order valence-electron chi connectivity index (χ4n) is 3.11. The Morgan fingerprint density at radius 3 is 2.57 bits per heavy atom. The number of nitrogens with two attached hydrogens (primary N) is 1. The fraction of sp³-hybridized carbons (Fsp3) is 0.632. The molecule has 0 aromatic heterocycles. The predicted octanol–water partition coefficient (Wildman–Crippen LogP) is 2.27. The van der Waals surface area contributed by atoms with Crippen molar-refractivity contribution in [3.05, 3.63) is 35.4 Å². The Balaban J connectivity index is 1.90. The van der Waals surface area contributed by atoms with Gasteiger partial charge in [-0.15, -0.1) is 0 Å². The van der Waals surface area contributed by atoms with Gasteiger partial charge in [0.2, 0.25) is 5.91 Å². The standard InChI is InChI=1S/C19H31N3O/c1-14(2)18(20)10-11-21(4)19(23)15(3)22-12-9-16-7-5-6-8-17(16)13-22/h5-8,14-15,18H,9-13,20H2,1-4H3. The molecule has 4 heteroatoms. The fourth-order valence-corrected chi connectivity index (χ4v) is 3.11. The number of nitrogens with zero attached hydrogens (tertiary/aromatic N) is 2. The van der Waals surface area contributed by atoms with Crippen LogP contribution >= 0.6 is 0 Å². The van der Waals surface area contributed by atoms with Gasteiger partial charge in [0.05, 0.1) is 6.04 Å². The van der Waals surface area contributed by atoms with E-state index in [4.69, 9.17) is 5.73 Å². The van der Waals surface area contributed by atoms with Gasteiger partial charge in [0.15, 0.2) is 0 Å². The topological polar surface area (TPSA) is 49.6 Å². The summed E-state index contributed by atoms with van der Waals surface area (Å²) < 4.78 is 0. The molecule has 0 bridgehead atoms. The summed E-state index contributed by atoms with van der Waals surface area (Å²) in [5.74, 6) is 0.648. The lowest BCUT2D eigenvalue weighted by Gasteiger charge is -2.35. The van der Waals surface area contributed by atoms with Crippen molar-refractivity contribution < 1.29 is 4.79 Å². The molecule has 1 aromatic carbocycles. The summed E-state index contributed by atoms with van der Waals surface area (Å²) in [6.45, 7) is 8.81. The molecule has 1 aliphatic heterocycles. The van der Waals surface area contributed by atoms with Crippen LogP contribution in [0.1, 0.15) is 38.3 Å². The van der Waals surface area contributed by atoms with E-state index in [0.29, 0.717) is 5.92 Å². The first kappa shape index (κ1) is 18.0. The summed E-state index contributed by atoms with van der Waals surface area (Å²) in [5, 5.41) is 0. The molecule has 0 fully saturated rings. The lowest BCUT2D eigenvalue weighted by Crippen LogP contribution is -2.48. The van der Waals surface area contributed by atoms with Gasteiger partial charge >= 0.3 is 0 Å². The van der Waals surface area contributed by atoms with E-state index in [1.54, 1.807) is 0 Å². The van der Waals surface area contributed by atoms with Crippen molar-refractivity contribution >= 4 is 5.91 Å². The minimum atomic E-state index is -0.0800. The van der Waals surface area contributed by atoms with Crippen molar-refractivity contribution in [1.29, 1.82) is 0 Å². The molecular formula is C19H31N3O. The Hall–Kier alpha value is -1.39. The van der Waals surface area contributed by atoms with Crippen molar-refractivity contribution in [3.8, 4) is 0 Å². The second kappa shape index (κ2) is 7.93. The third-order valence-corrected chi connectivity index (χ3v) is 5.10. The van der Waals surface area contributed by atoms with Crippen LogP contribution in [0.2, 0.25) is 0 Å². The molecule has 2 N–H and O–H groups in total. The molecule has 2 atom stereocenters. The van der Waals surface area contributed by atoms with Crippen LogP contribution in [0.25, 0.3) is 0 Å². The Morgan fingerprint density at radius 2 is 1.91 bits per heavy atom. The van der Waals surface area contributed by atoms with Gasteiger partial charge in [-0.2, -0.15) is 0 Å². The van der Waals surface area contributed by atoms with Gasteiger partial charge in [-0.3, -0.25) is 9.69 Å². The van der Waals surface area contributed by atoms with Crippen LogP contribution in [0.15, 0.2) is 24.3 Å². The second-order valence-corrected chi connectivity index (χ2v) is 7.12. The van der Waals surface area contributed by atoms with Crippen molar-refractivity contribution in [2.24, 2.45) is 11.7 Å². The molecule has 0 radical (unpaired) electrons. The van der Waals surface area contributed by atoms with Crippen LogP contribution in [0, 0.1) is 5.92 Å². The van der Waals surface area contributed by atoms with E-state index in [1.807, 2.05) is 18.9 Å². The van der Waals surface area contributed by atoms with E-state index in [0.717, 1.165) is 32.5 Å². The highest BCUT2D eigenvalue weighted by molar-refractivity contribution is 5.81. The lowest BCUT2D eigenvalue weighted by molar-refractivity contribution is -0.135. The summed E-state index contributed by atoms with van der Waals surface area (Å²) in [5.41, 5.74) is 8.85. The summed E-state index contributed by atoms with van der Waals surface area (Å²) in [4.78, 5) is 16.8. The second-order valence-electron chi connectivity index (χ2n) is 7.12. The Labute approximate surface area is 140 Å². The molecule has 0 aliphatic carbocycles. The first-order valence-electron chi connectivity index (χ1n) is 8.71. The molecule has 1 amide bonds. The van der Waals surface area contributed by atoms with E-state index in [1.165, 1.54) is 11.1 Å². The molecule has 1 heterocycles. The molecule has 1 aliphatic rings. The van der Waals surface area contributed by atoms with Gasteiger partial charge in [-0.05, 0) is 36.8 Å². The van der Waals surface area contributed by atoms with Crippen molar-refractivity contribution in [3.63, 3.8) is 0 Å². The molecule has 4 nitrogen and oxygen atoms in total. The number of carbonyl (C=O) groups excluding carboxylic acids is 1. The van der Waals surface area contributed by atoms with Gasteiger partial charge in [0.1, 0.15) is 0 Å². The first-order valence-corrected chi connectivity index (χ1v) is 8.71. The molecule has 128 valence electrons. The van der Waals surface area contributed by atoms with Gasteiger partial charge in [0.25, 0.3) is 0 Å². The molecule has 1 aromatic rings. The molecular weight excluding hydrogens is 286 g/mol. The number of amides is 1. The Morgan fingerprint density at radius 1 is 1.26 bits per heavy atom. The zero-order valence-corrected chi connectivity index (χ0v) is 15.0. The van der Waals surface area contributed by atoms with Crippen LogP contribution in [-0.2, 0) is 17.8 Å². The average molecular weight is 317 g/mol. The minimum Gasteiger partial charge on any atom is -0.344 e. The summed E-state index contributed by atoms with van der Waals surface area (Å²) in [6.07, 6.45) is 1.88. The van der Waals surface area contributed by atoms with Crippen LogP contribution in [0.5, 0.6) is 0 Å². The number of carbonyl (C=O) groups is 1. The largest absolute Gasteiger partial charge is 0.344 e. The third-order valence-electron chi connectivity index (χ3n) is 5.10. The quantitative estimate of drug-likeness (QED) is 0.875. The maximum atomic E-state index is 12.7. The van der Waals surface area contributed by atoms with E-state index >= 15 is 0 Å². The van der Waals surface area contributed by atoms with Crippen molar-refractivity contribution in [1.82, 2.24) is 9.80 Å². The third kappa shape index (κ3) is 4.55. The number of fused-ring (bicyclic) bond motifs is 1. The maximum absolute atomic E-state index is 12.7. The number of rotatable bonds is 6.